The van der Waals surface area contributed by atoms with E-state index in [4.69, 9.17) is 21.4 Å². The number of hydrogen-bond acceptors (Lipinski definition) is 8. The topological polar surface area (TPSA) is 132 Å². The maximum Gasteiger partial charge on any atom is 0.356 e. The molecule has 4 aromatic rings. The number of nitrogens with one attached hydrogen (secondary N) is 1. The van der Waals surface area contributed by atoms with Crippen LogP contribution in [0.15, 0.2) is 30.7 Å². The number of aryl methyl sites for hydroxylation is 1. The summed E-state index contributed by atoms with van der Waals surface area (Å²) in [5.74, 6) is -1.16. The second-order valence-electron chi connectivity index (χ2n) is 6.10. The lowest BCUT2D eigenvalue weighted by Gasteiger charge is -2.13. The van der Waals surface area contributed by atoms with Gasteiger partial charge < -0.3 is 9.84 Å². The van der Waals surface area contributed by atoms with Crippen molar-refractivity contribution in [2.24, 2.45) is 0 Å². The lowest BCUT2D eigenvalue weighted by atomic mass is 10.0. The van der Waals surface area contributed by atoms with Gasteiger partial charge in [0, 0.05) is 23.0 Å². The molecule has 0 aliphatic heterocycles. The fourth-order valence-corrected chi connectivity index (χ4v) is 3.71. The first-order chi connectivity index (χ1) is 14.4. The van der Waals surface area contributed by atoms with E-state index < -0.39 is 11.9 Å². The molecule has 0 aromatic carbocycles. The lowest BCUT2D eigenvalue weighted by Crippen LogP contribution is -2.14. The number of aromatic nitrogens is 5. The van der Waals surface area contributed by atoms with Crippen LogP contribution in [0.25, 0.3) is 16.1 Å². The van der Waals surface area contributed by atoms with E-state index in [-0.39, 0.29) is 21.5 Å². The van der Waals surface area contributed by atoms with E-state index in [1.165, 1.54) is 30.2 Å². The van der Waals surface area contributed by atoms with Crippen LogP contribution in [0, 0.1) is 6.92 Å². The van der Waals surface area contributed by atoms with Gasteiger partial charge in [0.2, 0.25) is 10.1 Å². The number of imidazole rings is 1. The SMILES string of the molecule is COc1cnc(Cl)cc1-c1cc(C)ncc1C(=O)Nc1nn2cc(C(=O)O)nc2s1. The number of ether oxygens (including phenoxy) is 1. The summed E-state index contributed by atoms with van der Waals surface area (Å²) in [4.78, 5) is 36.5. The second-order valence-corrected chi connectivity index (χ2v) is 7.44. The third kappa shape index (κ3) is 3.67. The molecule has 0 atom stereocenters. The third-order valence-corrected chi connectivity index (χ3v) is 5.16. The number of carbonyl (C=O) groups excluding carboxylic acids is 1. The molecule has 10 nitrogen and oxygen atoms in total. The van der Waals surface area contributed by atoms with E-state index in [1.54, 1.807) is 19.1 Å². The summed E-state index contributed by atoms with van der Waals surface area (Å²) in [7, 11) is 1.50. The van der Waals surface area contributed by atoms with Crippen LogP contribution in [-0.2, 0) is 0 Å². The minimum Gasteiger partial charge on any atom is -0.494 e. The Labute approximate surface area is 178 Å². The van der Waals surface area contributed by atoms with E-state index in [2.05, 4.69) is 25.4 Å². The van der Waals surface area contributed by atoms with Crippen LogP contribution < -0.4 is 10.1 Å². The van der Waals surface area contributed by atoms with Crippen molar-refractivity contribution in [2.45, 2.75) is 6.92 Å². The van der Waals surface area contributed by atoms with Crippen molar-refractivity contribution >= 4 is 44.9 Å². The Morgan fingerprint density at radius 3 is 2.73 bits per heavy atom. The standard InChI is InChI=1S/C18H13ClN6O4S/c1-8-3-9(10-4-14(19)21-6-13(10)29-2)11(5-20-8)15(26)23-17-24-25-7-12(16(27)28)22-18(25)30-17/h3-7H,1-2H3,(H,27,28)(H,23,24,26). The Balaban J connectivity index is 1.71. The quantitative estimate of drug-likeness (QED) is 0.448. The molecule has 0 radical (unpaired) electrons. The van der Waals surface area contributed by atoms with Crippen LogP contribution >= 0.6 is 22.9 Å². The van der Waals surface area contributed by atoms with Gasteiger partial charge in [-0.2, -0.15) is 0 Å². The minimum atomic E-state index is -1.15. The molecule has 1 amide bonds. The van der Waals surface area contributed by atoms with Gasteiger partial charge in [0.05, 0.1) is 25.1 Å². The highest BCUT2D eigenvalue weighted by molar-refractivity contribution is 7.20. The van der Waals surface area contributed by atoms with Crippen LogP contribution in [-0.4, -0.2) is 48.7 Å². The summed E-state index contributed by atoms with van der Waals surface area (Å²) in [6.45, 7) is 1.80. The van der Waals surface area contributed by atoms with Crippen molar-refractivity contribution in [1.29, 1.82) is 0 Å². The van der Waals surface area contributed by atoms with Gasteiger partial charge >= 0.3 is 5.97 Å². The van der Waals surface area contributed by atoms with Gasteiger partial charge in [-0.1, -0.05) is 22.9 Å². The van der Waals surface area contributed by atoms with Crippen molar-refractivity contribution in [2.75, 3.05) is 12.4 Å². The number of carboxylic acid groups (broad SMARTS) is 1. The van der Waals surface area contributed by atoms with Crippen LogP contribution in [0.2, 0.25) is 5.15 Å². The number of methoxy groups -OCH3 is 1. The predicted molar refractivity (Wildman–Crippen MR) is 110 cm³/mol. The molecule has 0 unspecified atom stereocenters. The van der Waals surface area contributed by atoms with E-state index in [9.17, 15) is 9.59 Å². The van der Waals surface area contributed by atoms with Gasteiger partial charge in [0.25, 0.3) is 5.91 Å². The number of amides is 1. The Bertz CT molecular complexity index is 1270. The molecule has 0 saturated carbocycles. The summed E-state index contributed by atoms with van der Waals surface area (Å²) in [6, 6.07) is 3.35. The van der Waals surface area contributed by atoms with E-state index in [1.807, 2.05) is 0 Å². The molecule has 0 spiro atoms. The largest absolute Gasteiger partial charge is 0.494 e. The monoisotopic (exact) mass is 444 g/mol. The zero-order chi connectivity index (χ0) is 21.4. The molecule has 4 rings (SSSR count). The number of halogens is 1. The smallest absolute Gasteiger partial charge is 0.356 e. The van der Waals surface area contributed by atoms with Crippen LogP contribution in [0.5, 0.6) is 5.75 Å². The highest BCUT2D eigenvalue weighted by atomic mass is 35.5. The zero-order valence-electron chi connectivity index (χ0n) is 15.6. The lowest BCUT2D eigenvalue weighted by molar-refractivity contribution is 0.0691. The number of pyridine rings is 2. The number of carbonyl (C=O) groups is 2. The molecule has 12 heteroatoms. The normalized spacial score (nSPS) is 10.9. The highest BCUT2D eigenvalue weighted by Crippen LogP contribution is 2.34. The average molecular weight is 445 g/mol. The highest BCUT2D eigenvalue weighted by Gasteiger charge is 2.20. The van der Waals surface area contributed by atoms with Crippen molar-refractivity contribution in [1.82, 2.24) is 24.6 Å². The minimum absolute atomic E-state index is 0.127. The average Bonchev–Trinajstić information content (AvgIpc) is 3.26. The molecule has 0 aliphatic carbocycles. The second kappa shape index (κ2) is 7.69. The van der Waals surface area contributed by atoms with E-state index in [0.29, 0.717) is 27.5 Å². The summed E-state index contributed by atoms with van der Waals surface area (Å²) in [5, 5.41) is 16.3. The number of carboxylic acids is 1. The Hall–Kier alpha value is -3.57. The third-order valence-electron chi connectivity index (χ3n) is 4.11. The summed E-state index contributed by atoms with van der Waals surface area (Å²) < 4.78 is 6.66. The summed E-state index contributed by atoms with van der Waals surface area (Å²) >= 11 is 7.09. The summed E-state index contributed by atoms with van der Waals surface area (Å²) in [5.41, 5.74) is 2.01. The first kappa shape index (κ1) is 19.7. The fraction of sp³-hybridized carbons (Fsp3) is 0.111. The summed E-state index contributed by atoms with van der Waals surface area (Å²) in [6.07, 6.45) is 4.20. The van der Waals surface area contributed by atoms with E-state index in [0.717, 1.165) is 11.3 Å². The number of aromatic carboxylic acids is 1. The molecular weight excluding hydrogens is 432 g/mol. The Kier molecular flexibility index (Phi) is 5.06. The molecule has 0 fully saturated rings. The zero-order valence-corrected chi connectivity index (χ0v) is 17.2. The predicted octanol–water partition coefficient (Wildman–Crippen LogP) is 3.17. The van der Waals surface area contributed by atoms with Crippen LogP contribution in [0.3, 0.4) is 0 Å². The van der Waals surface area contributed by atoms with Crippen LogP contribution in [0.1, 0.15) is 26.5 Å². The molecule has 0 aliphatic rings. The number of nitrogens with zero attached hydrogens (tertiary/aromatic N) is 5. The molecule has 4 aromatic heterocycles. The van der Waals surface area contributed by atoms with Gasteiger partial charge in [-0.3, -0.25) is 15.1 Å². The molecule has 0 saturated heterocycles. The molecule has 0 bridgehead atoms. The number of anilines is 1. The Morgan fingerprint density at radius 2 is 2.03 bits per heavy atom. The van der Waals surface area contributed by atoms with Crippen molar-refractivity contribution in [3.05, 3.63) is 52.8 Å². The van der Waals surface area contributed by atoms with Gasteiger partial charge in [0.15, 0.2) is 5.69 Å². The van der Waals surface area contributed by atoms with Crippen molar-refractivity contribution < 1.29 is 19.4 Å². The van der Waals surface area contributed by atoms with Crippen molar-refractivity contribution in [3.63, 3.8) is 0 Å². The van der Waals surface area contributed by atoms with Gasteiger partial charge in [-0.25, -0.2) is 19.3 Å². The molecule has 30 heavy (non-hydrogen) atoms. The van der Waals surface area contributed by atoms with E-state index >= 15 is 0 Å². The van der Waals surface area contributed by atoms with Gasteiger partial charge in [-0.15, -0.1) is 5.10 Å². The van der Waals surface area contributed by atoms with Gasteiger partial charge in [0.1, 0.15) is 10.9 Å². The molecule has 4 heterocycles. The first-order valence-corrected chi connectivity index (χ1v) is 9.62. The first-order valence-electron chi connectivity index (χ1n) is 8.43. The number of rotatable bonds is 5. The van der Waals surface area contributed by atoms with Gasteiger partial charge in [-0.05, 0) is 19.1 Å². The maximum absolute atomic E-state index is 13.0. The Morgan fingerprint density at radius 1 is 1.23 bits per heavy atom. The number of hydrogen-bond donors (Lipinski definition) is 2. The fourth-order valence-electron chi connectivity index (χ4n) is 2.77. The molecule has 152 valence electrons. The van der Waals surface area contributed by atoms with Crippen LogP contribution in [0.4, 0.5) is 5.13 Å². The maximum atomic E-state index is 13.0. The number of fused-ring (bicyclic) bond motifs is 1. The molecule has 2 N–H and O–H groups in total. The van der Waals surface area contributed by atoms with Crippen molar-refractivity contribution in [3.8, 4) is 16.9 Å². The molecular formula is C18H13ClN6O4S.